The van der Waals surface area contributed by atoms with Crippen LogP contribution in [0, 0.1) is 11.8 Å². The number of hydrogen-bond acceptors (Lipinski definition) is 6. The number of nitrogen functional groups attached to an aromatic ring is 1. The number of anilines is 2. The number of hydrogen-bond donors (Lipinski definition) is 6. The molecule has 0 saturated heterocycles. The van der Waals surface area contributed by atoms with Crippen LogP contribution in [0.2, 0.25) is 0 Å². The van der Waals surface area contributed by atoms with E-state index in [2.05, 4.69) is 25.8 Å². The second-order valence-corrected chi connectivity index (χ2v) is 11.8. The van der Waals surface area contributed by atoms with E-state index in [4.69, 9.17) is 16.5 Å². The first-order valence-electron chi connectivity index (χ1n) is 15.1. The van der Waals surface area contributed by atoms with Gasteiger partial charge in [-0.15, -0.1) is 0 Å². The number of amides is 2. The van der Waals surface area contributed by atoms with Crippen LogP contribution in [0.4, 0.5) is 11.5 Å². The Morgan fingerprint density at radius 3 is 2.52 bits per heavy atom. The molecule has 1 saturated carbocycles. The Kier molecular flexibility index (Phi) is 8.17. The second-order valence-electron chi connectivity index (χ2n) is 11.8. The smallest absolute Gasteiger partial charge is 0.228 e. The highest BCUT2D eigenvalue weighted by Gasteiger charge is 2.38. The van der Waals surface area contributed by atoms with Crippen molar-refractivity contribution in [1.29, 1.82) is 0 Å². The minimum atomic E-state index is -1.08. The molecular formula is C34H38N8O2. The van der Waals surface area contributed by atoms with Crippen molar-refractivity contribution in [2.75, 3.05) is 17.6 Å². The molecule has 10 nitrogen and oxygen atoms in total. The molecule has 5 aromatic rings. The third kappa shape index (κ3) is 5.93. The molecule has 3 aromatic carbocycles. The van der Waals surface area contributed by atoms with Gasteiger partial charge < -0.3 is 27.1 Å². The summed E-state index contributed by atoms with van der Waals surface area (Å²) in [4.78, 5) is 35.3. The van der Waals surface area contributed by atoms with E-state index in [1.165, 1.54) is 0 Å². The summed E-state index contributed by atoms with van der Waals surface area (Å²) in [5.41, 5.74) is 15.5. The van der Waals surface area contributed by atoms with Gasteiger partial charge >= 0.3 is 0 Å². The fraction of sp³-hybridized carbons (Fsp3) is 0.294. The molecular weight excluding hydrogens is 552 g/mol. The van der Waals surface area contributed by atoms with Crippen LogP contribution in [0.25, 0.3) is 22.2 Å². The Bertz CT molecular complexity index is 1770. The van der Waals surface area contributed by atoms with Crippen molar-refractivity contribution in [3.63, 3.8) is 0 Å². The number of carbonyl (C=O) groups is 2. The minimum absolute atomic E-state index is 0.0410. The van der Waals surface area contributed by atoms with Gasteiger partial charge in [-0.25, -0.2) is 4.98 Å². The normalized spacial score (nSPS) is 18.0. The number of carbonyl (C=O) groups excluding carboxylic acids is 2. The fourth-order valence-corrected chi connectivity index (χ4v) is 6.20. The Balaban J connectivity index is 1.34. The van der Waals surface area contributed by atoms with Crippen LogP contribution in [0.5, 0.6) is 0 Å². The first-order chi connectivity index (χ1) is 21.3. The molecule has 1 aliphatic carbocycles. The first-order valence-corrected chi connectivity index (χ1v) is 15.1. The van der Waals surface area contributed by atoms with E-state index in [0.717, 1.165) is 59.0 Å². The zero-order chi connectivity index (χ0) is 30.7. The van der Waals surface area contributed by atoms with Crippen LogP contribution in [-0.2, 0) is 21.5 Å². The summed E-state index contributed by atoms with van der Waals surface area (Å²) >= 11 is 0. The van der Waals surface area contributed by atoms with Crippen molar-refractivity contribution < 1.29 is 9.59 Å². The molecule has 226 valence electrons. The van der Waals surface area contributed by atoms with Gasteiger partial charge in [0.15, 0.2) is 5.82 Å². The highest BCUT2D eigenvalue weighted by Crippen LogP contribution is 2.36. The number of fused-ring (bicyclic) bond motifs is 1. The Morgan fingerprint density at radius 2 is 1.75 bits per heavy atom. The fourth-order valence-electron chi connectivity index (χ4n) is 6.20. The van der Waals surface area contributed by atoms with Crippen molar-refractivity contribution >= 4 is 34.2 Å². The molecule has 1 atom stereocenters. The summed E-state index contributed by atoms with van der Waals surface area (Å²) in [5.74, 6) is 1.13. The molecule has 8 N–H and O–H groups in total. The lowest BCUT2D eigenvalue weighted by Crippen LogP contribution is -2.48. The van der Waals surface area contributed by atoms with Gasteiger partial charge in [-0.3, -0.25) is 14.7 Å². The molecule has 0 aliphatic heterocycles. The predicted molar refractivity (Wildman–Crippen MR) is 172 cm³/mol. The molecule has 0 unspecified atom stereocenters. The summed E-state index contributed by atoms with van der Waals surface area (Å²) in [5, 5.41) is 14.3. The van der Waals surface area contributed by atoms with Crippen LogP contribution >= 0.6 is 0 Å². The van der Waals surface area contributed by atoms with Gasteiger partial charge in [-0.05, 0) is 68.8 Å². The second kappa shape index (κ2) is 12.3. The molecule has 6 rings (SSSR count). The number of H-pyrrole nitrogens is 2. The van der Waals surface area contributed by atoms with Crippen molar-refractivity contribution in [2.45, 2.75) is 44.6 Å². The van der Waals surface area contributed by atoms with Gasteiger partial charge in [0, 0.05) is 28.1 Å². The third-order valence-electron chi connectivity index (χ3n) is 8.82. The lowest BCUT2D eigenvalue weighted by atomic mass is 9.80. The zero-order valence-electron chi connectivity index (χ0n) is 24.8. The summed E-state index contributed by atoms with van der Waals surface area (Å²) in [6.07, 6.45) is 5.43. The topological polar surface area (TPSA) is 168 Å². The predicted octanol–water partition coefficient (Wildman–Crippen LogP) is 4.86. The van der Waals surface area contributed by atoms with Crippen molar-refractivity contribution in [2.24, 2.45) is 17.6 Å². The van der Waals surface area contributed by atoms with Crippen molar-refractivity contribution in [1.82, 2.24) is 25.5 Å². The summed E-state index contributed by atoms with van der Waals surface area (Å²) in [7, 11) is 0. The molecule has 1 fully saturated rings. The minimum Gasteiger partial charge on any atom is -0.382 e. The van der Waals surface area contributed by atoms with Crippen LogP contribution in [0.1, 0.15) is 49.6 Å². The van der Waals surface area contributed by atoms with Gasteiger partial charge in [0.25, 0.3) is 0 Å². The number of nitrogens with zero attached hydrogens (tertiary/aromatic N) is 2. The number of aromatic nitrogens is 4. The third-order valence-corrected chi connectivity index (χ3v) is 8.82. The maximum absolute atomic E-state index is 13.9. The number of imidazole rings is 1. The van der Waals surface area contributed by atoms with E-state index in [-0.39, 0.29) is 24.2 Å². The number of para-hydroxylation sites is 1. The summed E-state index contributed by atoms with van der Waals surface area (Å²) < 4.78 is 0. The maximum atomic E-state index is 13.9. The average Bonchev–Trinajstić information content (AvgIpc) is 3.69. The van der Waals surface area contributed by atoms with E-state index in [1.807, 2.05) is 79.7 Å². The number of rotatable bonds is 9. The summed E-state index contributed by atoms with van der Waals surface area (Å²) in [6.45, 7) is 2.58. The Hall–Kier alpha value is -4.96. The number of aromatic amines is 2. The quantitative estimate of drug-likeness (QED) is 0.143. The SMILES string of the molecule is C[C@@](NC(=O)C1CCC(CN)CC1)(c1ncc(-c2ccc3c(N)n[nH]c3c2)[nH]1)c1ccccc1NC(=O)Cc1ccccc1. The number of nitrogens with two attached hydrogens (primary N) is 2. The molecule has 2 aromatic heterocycles. The monoisotopic (exact) mass is 590 g/mol. The van der Waals surface area contributed by atoms with Crippen molar-refractivity contribution in [3.8, 4) is 11.3 Å². The highest BCUT2D eigenvalue weighted by molar-refractivity contribution is 5.94. The standard InChI is InChI=1S/C34H38N8O2/c1-34(40-32(44)23-13-11-22(19-35)12-14-23,26-9-5-6-10-27(26)38-30(43)17-21-7-3-2-4-8-21)33-37-20-29(39-33)24-15-16-25-28(18-24)41-42-31(25)36/h2-10,15-16,18,20,22-23H,11-14,17,19,35H2,1H3,(H,37,39)(H,38,43)(H,40,44)(H3,36,41,42)/t22?,23?,34-/m0/s1. The van der Waals surface area contributed by atoms with E-state index >= 15 is 0 Å². The van der Waals surface area contributed by atoms with E-state index in [1.54, 1.807) is 6.20 Å². The van der Waals surface area contributed by atoms with Crippen LogP contribution in [0.3, 0.4) is 0 Å². The van der Waals surface area contributed by atoms with Crippen molar-refractivity contribution in [3.05, 3.63) is 95.9 Å². The highest BCUT2D eigenvalue weighted by atomic mass is 16.2. The number of benzene rings is 3. The largest absolute Gasteiger partial charge is 0.382 e. The maximum Gasteiger partial charge on any atom is 0.228 e. The molecule has 44 heavy (non-hydrogen) atoms. The molecule has 2 amide bonds. The van der Waals surface area contributed by atoms with Gasteiger partial charge in [0.05, 0.1) is 23.8 Å². The first kappa shape index (κ1) is 29.1. The van der Waals surface area contributed by atoms with Crippen LogP contribution in [-0.4, -0.2) is 38.5 Å². The van der Waals surface area contributed by atoms with Gasteiger partial charge in [-0.1, -0.05) is 54.6 Å². The zero-order valence-corrected chi connectivity index (χ0v) is 24.8. The Labute approximate surface area is 256 Å². The van der Waals surface area contributed by atoms with E-state index < -0.39 is 5.54 Å². The number of nitrogens with one attached hydrogen (secondary N) is 4. The average molecular weight is 591 g/mol. The molecule has 1 aliphatic rings. The van der Waals surface area contributed by atoms with Crippen LogP contribution in [0.15, 0.2) is 79.0 Å². The lowest BCUT2D eigenvalue weighted by molar-refractivity contribution is -0.127. The Morgan fingerprint density at radius 1 is 1.00 bits per heavy atom. The molecule has 10 heteroatoms. The van der Waals surface area contributed by atoms with E-state index in [0.29, 0.717) is 29.8 Å². The van der Waals surface area contributed by atoms with Crippen LogP contribution < -0.4 is 22.1 Å². The molecule has 2 heterocycles. The van der Waals surface area contributed by atoms with Gasteiger partial charge in [0.2, 0.25) is 11.8 Å². The molecule has 0 radical (unpaired) electrons. The summed E-state index contributed by atoms with van der Waals surface area (Å²) in [6, 6.07) is 23.0. The van der Waals surface area contributed by atoms with Gasteiger partial charge in [0.1, 0.15) is 11.4 Å². The lowest BCUT2D eigenvalue weighted by Gasteiger charge is -2.34. The molecule has 0 spiro atoms. The van der Waals surface area contributed by atoms with Gasteiger partial charge in [-0.2, -0.15) is 5.10 Å². The van der Waals surface area contributed by atoms with E-state index in [9.17, 15) is 9.59 Å². The molecule has 0 bridgehead atoms.